The van der Waals surface area contributed by atoms with E-state index in [0.29, 0.717) is 5.00 Å². The molecule has 0 aliphatic carbocycles. The smallest absolute Gasteiger partial charge is 0.258 e. The Labute approximate surface area is 107 Å². The Morgan fingerprint density at radius 2 is 2.25 bits per heavy atom. The molecule has 1 N–H and O–H groups in total. The van der Waals surface area contributed by atoms with Gasteiger partial charge in [0.1, 0.15) is 5.00 Å². The number of fused-ring (bicyclic) bond motifs is 1. The SMILES string of the molecule is Cc1ccc2nsc(NC(=O)C(Cl)Cl)c2c1. The van der Waals surface area contributed by atoms with E-state index in [9.17, 15) is 4.79 Å². The van der Waals surface area contributed by atoms with Crippen LogP contribution in [0.15, 0.2) is 18.2 Å². The molecule has 0 aliphatic rings. The lowest BCUT2D eigenvalue weighted by Crippen LogP contribution is -2.17. The first kappa shape index (κ1) is 11.6. The number of nitrogens with one attached hydrogen (secondary N) is 1. The third-order valence-electron chi connectivity index (χ3n) is 2.07. The Morgan fingerprint density at radius 3 is 2.94 bits per heavy atom. The number of amides is 1. The normalized spacial score (nSPS) is 11.0. The molecule has 1 aromatic heterocycles. The van der Waals surface area contributed by atoms with Gasteiger partial charge in [0, 0.05) is 5.39 Å². The number of carbonyl (C=O) groups excluding carboxylic acids is 1. The highest BCUT2D eigenvalue weighted by atomic mass is 35.5. The molecule has 0 bridgehead atoms. The van der Waals surface area contributed by atoms with E-state index in [-0.39, 0.29) is 0 Å². The van der Waals surface area contributed by atoms with Gasteiger partial charge >= 0.3 is 0 Å². The molecule has 1 heterocycles. The fourth-order valence-corrected chi connectivity index (χ4v) is 2.18. The van der Waals surface area contributed by atoms with E-state index in [4.69, 9.17) is 23.2 Å². The van der Waals surface area contributed by atoms with E-state index >= 15 is 0 Å². The maximum Gasteiger partial charge on any atom is 0.258 e. The summed E-state index contributed by atoms with van der Waals surface area (Å²) < 4.78 is 4.21. The Hall–Kier alpha value is -0.840. The maximum atomic E-state index is 11.3. The van der Waals surface area contributed by atoms with Crippen molar-refractivity contribution in [1.82, 2.24) is 4.37 Å². The van der Waals surface area contributed by atoms with Gasteiger partial charge in [-0.3, -0.25) is 4.79 Å². The van der Waals surface area contributed by atoms with Crippen LogP contribution in [0, 0.1) is 6.92 Å². The van der Waals surface area contributed by atoms with Crippen molar-refractivity contribution < 1.29 is 4.79 Å². The molecule has 0 saturated heterocycles. The molecule has 6 heteroatoms. The summed E-state index contributed by atoms with van der Waals surface area (Å²) in [5, 5.41) is 4.23. The summed E-state index contributed by atoms with van der Waals surface area (Å²) in [5.41, 5.74) is 1.96. The van der Waals surface area contributed by atoms with Crippen molar-refractivity contribution in [1.29, 1.82) is 0 Å². The second-order valence-corrected chi connectivity index (χ2v) is 5.19. The zero-order valence-electron chi connectivity index (χ0n) is 8.33. The van der Waals surface area contributed by atoms with Crippen molar-refractivity contribution in [3.63, 3.8) is 0 Å². The highest BCUT2D eigenvalue weighted by Gasteiger charge is 2.14. The maximum absolute atomic E-state index is 11.3. The fourth-order valence-electron chi connectivity index (χ4n) is 1.31. The molecule has 3 nitrogen and oxygen atoms in total. The quantitative estimate of drug-likeness (QED) is 0.854. The summed E-state index contributed by atoms with van der Waals surface area (Å²) in [6.45, 7) is 1.98. The summed E-state index contributed by atoms with van der Waals surface area (Å²) in [5.74, 6) is -0.435. The van der Waals surface area contributed by atoms with Crippen LogP contribution >= 0.6 is 34.7 Å². The van der Waals surface area contributed by atoms with Crippen molar-refractivity contribution in [2.45, 2.75) is 11.8 Å². The molecule has 0 spiro atoms. The molecule has 0 aliphatic heterocycles. The van der Waals surface area contributed by atoms with Gasteiger partial charge in [-0.05, 0) is 30.6 Å². The lowest BCUT2D eigenvalue weighted by Gasteiger charge is -2.02. The number of halogens is 2. The van der Waals surface area contributed by atoms with Gasteiger partial charge in [-0.15, -0.1) is 0 Å². The van der Waals surface area contributed by atoms with Gasteiger partial charge < -0.3 is 5.32 Å². The summed E-state index contributed by atoms with van der Waals surface area (Å²) in [6.07, 6.45) is 0. The van der Waals surface area contributed by atoms with Gasteiger partial charge in [0.25, 0.3) is 5.91 Å². The number of rotatable bonds is 2. The second kappa shape index (κ2) is 4.57. The van der Waals surface area contributed by atoms with E-state index < -0.39 is 10.7 Å². The number of hydrogen-bond donors (Lipinski definition) is 1. The molecule has 0 radical (unpaired) electrons. The van der Waals surface area contributed by atoms with Gasteiger partial charge in [-0.2, -0.15) is 4.37 Å². The summed E-state index contributed by atoms with van der Waals surface area (Å²) in [4.78, 5) is 10.3. The van der Waals surface area contributed by atoms with Crippen LogP contribution in [0.5, 0.6) is 0 Å². The third kappa shape index (κ3) is 2.29. The number of aryl methyl sites for hydroxylation is 1. The second-order valence-electron chi connectivity index (χ2n) is 3.32. The molecule has 2 aromatic rings. The van der Waals surface area contributed by atoms with E-state index in [1.165, 1.54) is 11.5 Å². The number of benzene rings is 1. The molecule has 84 valence electrons. The van der Waals surface area contributed by atoms with Gasteiger partial charge in [-0.25, -0.2) is 0 Å². The van der Waals surface area contributed by atoms with Gasteiger partial charge in [-0.1, -0.05) is 34.8 Å². The van der Waals surface area contributed by atoms with E-state index in [2.05, 4.69) is 9.69 Å². The molecule has 1 amide bonds. The highest BCUT2D eigenvalue weighted by molar-refractivity contribution is 7.12. The minimum Gasteiger partial charge on any atom is -0.314 e. The third-order valence-corrected chi connectivity index (χ3v) is 3.26. The Balaban J connectivity index is 2.38. The van der Waals surface area contributed by atoms with Crippen molar-refractivity contribution in [3.05, 3.63) is 23.8 Å². The minimum absolute atomic E-state index is 0.435. The number of carbonyl (C=O) groups is 1. The predicted molar refractivity (Wildman–Crippen MR) is 68.5 cm³/mol. The lowest BCUT2D eigenvalue weighted by molar-refractivity contribution is -0.114. The van der Waals surface area contributed by atoms with Crippen LogP contribution in [-0.2, 0) is 4.79 Å². The number of aromatic nitrogens is 1. The minimum atomic E-state index is -1.07. The average Bonchev–Trinajstić information content (AvgIpc) is 2.61. The van der Waals surface area contributed by atoms with E-state index in [0.717, 1.165) is 16.5 Å². The van der Waals surface area contributed by atoms with Crippen LogP contribution in [-0.4, -0.2) is 15.1 Å². The Bertz CT molecular complexity index is 539. The molecule has 0 fully saturated rings. The van der Waals surface area contributed by atoms with E-state index in [1.807, 2.05) is 25.1 Å². The monoisotopic (exact) mass is 274 g/mol. The molecular formula is C10H8Cl2N2OS. The molecule has 0 unspecified atom stereocenters. The van der Waals surface area contributed by atoms with Crippen LogP contribution in [0.2, 0.25) is 0 Å². The number of nitrogens with zero attached hydrogens (tertiary/aromatic N) is 1. The van der Waals surface area contributed by atoms with Crippen molar-refractivity contribution in [3.8, 4) is 0 Å². The summed E-state index contributed by atoms with van der Waals surface area (Å²) in [6, 6.07) is 5.85. The fraction of sp³-hybridized carbons (Fsp3) is 0.200. The zero-order valence-corrected chi connectivity index (χ0v) is 10.7. The van der Waals surface area contributed by atoms with Crippen LogP contribution in [0.4, 0.5) is 5.00 Å². The van der Waals surface area contributed by atoms with Crippen LogP contribution in [0.3, 0.4) is 0 Å². The number of anilines is 1. The van der Waals surface area contributed by atoms with Crippen molar-refractivity contribution >= 4 is 56.5 Å². The molecule has 16 heavy (non-hydrogen) atoms. The van der Waals surface area contributed by atoms with Crippen molar-refractivity contribution in [2.24, 2.45) is 0 Å². The van der Waals surface area contributed by atoms with Gasteiger partial charge in [0.15, 0.2) is 4.84 Å². The van der Waals surface area contributed by atoms with Gasteiger partial charge in [0.05, 0.1) is 5.52 Å². The first-order valence-corrected chi connectivity index (χ1v) is 6.17. The highest BCUT2D eigenvalue weighted by Crippen LogP contribution is 2.28. The molecule has 1 aromatic carbocycles. The summed E-state index contributed by atoms with van der Waals surface area (Å²) >= 11 is 12.1. The van der Waals surface area contributed by atoms with E-state index in [1.54, 1.807) is 0 Å². The lowest BCUT2D eigenvalue weighted by atomic mass is 10.2. The summed E-state index contributed by atoms with van der Waals surface area (Å²) in [7, 11) is 0. The number of alkyl halides is 2. The largest absolute Gasteiger partial charge is 0.314 e. The molecule has 0 saturated carbocycles. The molecule has 0 atom stereocenters. The standard InChI is InChI=1S/C10H8Cl2N2OS/c1-5-2-3-7-6(4-5)10(16-14-7)13-9(15)8(11)12/h2-4,8H,1H3,(H,13,15). The number of hydrogen-bond acceptors (Lipinski definition) is 3. The Morgan fingerprint density at radius 1 is 1.50 bits per heavy atom. The van der Waals surface area contributed by atoms with Crippen LogP contribution in [0.1, 0.15) is 5.56 Å². The Kier molecular flexibility index (Phi) is 3.33. The topological polar surface area (TPSA) is 42.0 Å². The average molecular weight is 275 g/mol. The molecular weight excluding hydrogens is 267 g/mol. The van der Waals surface area contributed by atoms with Gasteiger partial charge in [0.2, 0.25) is 0 Å². The first-order valence-electron chi connectivity index (χ1n) is 4.53. The van der Waals surface area contributed by atoms with Crippen LogP contribution in [0.25, 0.3) is 10.9 Å². The van der Waals surface area contributed by atoms with Crippen molar-refractivity contribution in [2.75, 3.05) is 5.32 Å². The van der Waals surface area contributed by atoms with Crippen LogP contribution < -0.4 is 5.32 Å². The predicted octanol–water partition coefficient (Wildman–Crippen LogP) is 3.35. The first-order chi connectivity index (χ1) is 7.58. The zero-order chi connectivity index (χ0) is 11.7. The molecule has 2 rings (SSSR count).